The highest BCUT2D eigenvalue weighted by molar-refractivity contribution is 5.96. The van der Waals surface area contributed by atoms with Gasteiger partial charge < -0.3 is 10.0 Å². The van der Waals surface area contributed by atoms with E-state index in [0.717, 1.165) is 18.5 Å². The maximum absolute atomic E-state index is 12.6. The first-order valence-electron chi connectivity index (χ1n) is 7.30. The fourth-order valence-corrected chi connectivity index (χ4v) is 2.78. The Bertz CT molecular complexity index is 664. The second kappa shape index (κ2) is 6.01. The van der Waals surface area contributed by atoms with E-state index in [1.165, 1.54) is 4.90 Å². The Morgan fingerprint density at radius 2 is 1.95 bits per heavy atom. The Kier molecular flexibility index (Phi) is 3.91. The zero-order chi connectivity index (χ0) is 15.5. The standard InChI is InChI=1S/C16H17N3O3/c20-15(18-10-2-1-4-14(18)16(21)22)12-5-7-13(8-6-12)19-11-3-9-17-19/h3,5-9,11,14H,1-2,4,10H2,(H,21,22)/t14-/m1/s1. The van der Waals surface area contributed by atoms with Crippen LogP contribution in [0.2, 0.25) is 0 Å². The summed E-state index contributed by atoms with van der Waals surface area (Å²) in [4.78, 5) is 25.3. The smallest absolute Gasteiger partial charge is 0.326 e. The van der Waals surface area contributed by atoms with E-state index in [-0.39, 0.29) is 5.91 Å². The van der Waals surface area contributed by atoms with Crippen molar-refractivity contribution in [2.24, 2.45) is 0 Å². The van der Waals surface area contributed by atoms with E-state index in [2.05, 4.69) is 5.10 Å². The van der Waals surface area contributed by atoms with Crippen molar-refractivity contribution in [3.8, 4) is 5.69 Å². The van der Waals surface area contributed by atoms with E-state index in [1.807, 2.05) is 12.3 Å². The Morgan fingerprint density at radius 3 is 2.59 bits per heavy atom. The lowest BCUT2D eigenvalue weighted by Gasteiger charge is -2.33. The van der Waals surface area contributed by atoms with Gasteiger partial charge in [0.15, 0.2) is 0 Å². The lowest BCUT2D eigenvalue weighted by Crippen LogP contribution is -2.47. The maximum Gasteiger partial charge on any atom is 0.326 e. The number of amides is 1. The van der Waals surface area contributed by atoms with Gasteiger partial charge in [-0.05, 0) is 49.6 Å². The second-order valence-corrected chi connectivity index (χ2v) is 5.35. The van der Waals surface area contributed by atoms with Gasteiger partial charge in [0.05, 0.1) is 5.69 Å². The van der Waals surface area contributed by atoms with Gasteiger partial charge in [0, 0.05) is 24.5 Å². The molecule has 1 amide bonds. The van der Waals surface area contributed by atoms with Crippen molar-refractivity contribution in [3.63, 3.8) is 0 Å². The molecule has 0 radical (unpaired) electrons. The quantitative estimate of drug-likeness (QED) is 0.940. The average molecular weight is 299 g/mol. The van der Waals surface area contributed by atoms with Gasteiger partial charge in [0.2, 0.25) is 0 Å². The number of hydrogen-bond acceptors (Lipinski definition) is 3. The number of likely N-dealkylation sites (tertiary alicyclic amines) is 1. The molecule has 3 rings (SSSR count). The van der Waals surface area contributed by atoms with Crippen molar-refractivity contribution in [2.45, 2.75) is 25.3 Å². The molecule has 1 aliphatic heterocycles. The highest BCUT2D eigenvalue weighted by atomic mass is 16.4. The molecule has 1 aromatic carbocycles. The first-order valence-corrected chi connectivity index (χ1v) is 7.30. The van der Waals surface area contributed by atoms with E-state index in [0.29, 0.717) is 18.5 Å². The number of hydrogen-bond donors (Lipinski definition) is 1. The molecule has 1 N–H and O–H groups in total. The molecule has 0 saturated carbocycles. The number of rotatable bonds is 3. The largest absolute Gasteiger partial charge is 0.480 e. The van der Waals surface area contributed by atoms with Crippen LogP contribution in [0.5, 0.6) is 0 Å². The van der Waals surface area contributed by atoms with Gasteiger partial charge in [-0.3, -0.25) is 4.79 Å². The predicted molar refractivity (Wildman–Crippen MR) is 79.9 cm³/mol. The van der Waals surface area contributed by atoms with Crippen LogP contribution in [0.15, 0.2) is 42.7 Å². The molecule has 6 heteroatoms. The van der Waals surface area contributed by atoms with Crippen molar-refractivity contribution in [1.29, 1.82) is 0 Å². The van der Waals surface area contributed by atoms with Crippen LogP contribution >= 0.6 is 0 Å². The molecule has 1 atom stereocenters. The lowest BCUT2D eigenvalue weighted by molar-refractivity contribution is -0.143. The summed E-state index contributed by atoms with van der Waals surface area (Å²) >= 11 is 0. The molecule has 22 heavy (non-hydrogen) atoms. The third-order valence-electron chi connectivity index (χ3n) is 3.93. The van der Waals surface area contributed by atoms with Gasteiger partial charge >= 0.3 is 5.97 Å². The van der Waals surface area contributed by atoms with Crippen molar-refractivity contribution < 1.29 is 14.7 Å². The normalized spacial score (nSPS) is 18.2. The minimum Gasteiger partial charge on any atom is -0.480 e. The Balaban J connectivity index is 1.81. The Hall–Kier alpha value is -2.63. The van der Waals surface area contributed by atoms with E-state index < -0.39 is 12.0 Å². The number of carboxylic acid groups (broad SMARTS) is 1. The molecule has 114 valence electrons. The minimum absolute atomic E-state index is 0.223. The SMILES string of the molecule is O=C(O)[C@H]1CCCCN1C(=O)c1ccc(-n2cccn2)cc1. The van der Waals surface area contributed by atoms with Crippen LogP contribution in [-0.4, -0.2) is 44.3 Å². The number of carboxylic acids is 1. The molecular weight excluding hydrogens is 282 g/mol. The molecule has 1 saturated heterocycles. The van der Waals surface area contributed by atoms with Crippen molar-refractivity contribution >= 4 is 11.9 Å². The molecule has 1 aromatic heterocycles. The van der Waals surface area contributed by atoms with Crippen LogP contribution in [0, 0.1) is 0 Å². The number of aromatic nitrogens is 2. The zero-order valence-corrected chi connectivity index (χ0v) is 12.1. The summed E-state index contributed by atoms with van der Waals surface area (Å²) in [5, 5.41) is 13.4. The van der Waals surface area contributed by atoms with Gasteiger partial charge in [-0.15, -0.1) is 0 Å². The molecule has 0 bridgehead atoms. The van der Waals surface area contributed by atoms with Crippen LogP contribution < -0.4 is 0 Å². The lowest BCUT2D eigenvalue weighted by atomic mass is 10.0. The molecule has 6 nitrogen and oxygen atoms in total. The molecule has 0 spiro atoms. The summed E-state index contributed by atoms with van der Waals surface area (Å²) in [5.41, 5.74) is 1.36. The number of aliphatic carboxylic acids is 1. The number of benzene rings is 1. The fourth-order valence-electron chi connectivity index (χ4n) is 2.78. The molecule has 0 unspecified atom stereocenters. The first-order chi connectivity index (χ1) is 10.7. The highest BCUT2D eigenvalue weighted by Crippen LogP contribution is 2.20. The monoisotopic (exact) mass is 299 g/mol. The zero-order valence-electron chi connectivity index (χ0n) is 12.1. The number of carbonyl (C=O) groups excluding carboxylic acids is 1. The van der Waals surface area contributed by atoms with Crippen molar-refractivity contribution in [2.75, 3.05) is 6.54 Å². The molecular formula is C16H17N3O3. The van der Waals surface area contributed by atoms with Gasteiger partial charge in [0.25, 0.3) is 5.91 Å². The summed E-state index contributed by atoms with van der Waals surface area (Å²) in [6.07, 6.45) is 5.72. The number of nitrogens with zero attached hydrogens (tertiary/aromatic N) is 3. The number of piperidine rings is 1. The van der Waals surface area contributed by atoms with E-state index in [4.69, 9.17) is 0 Å². The molecule has 2 heterocycles. The first kappa shape index (κ1) is 14.3. The van der Waals surface area contributed by atoms with E-state index >= 15 is 0 Å². The molecule has 2 aromatic rings. The van der Waals surface area contributed by atoms with Gasteiger partial charge in [-0.25, -0.2) is 9.48 Å². The summed E-state index contributed by atoms with van der Waals surface area (Å²) in [6, 6.07) is 8.15. The summed E-state index contributed by atoms with van der Waals surface area (Å²) < 4.78 is 1.70. The Labute approximate surface area is 128 Å². The molecule has 1 fully saturated rings. The van der Waals surface area contributed by atoms with Crippen molar-refractivity contribution in [1.82, 2.24) is 14.7 Å². The Morgan fingerprint density at radius 1 is 1.18 bits per heavy atom. The summed E-state index contributed by atoms with van der Waals surface area (Å²) in [5.74, 6) is -1.15. The highest BCUT2D eigenvalue weighted by Gasteiger charge is 2.32. The predicted octanol–water partition coefficient (Wildman–Crippen LogP) is 1.95. The summed E-state index contributed by atoms with van der Waals surface area (Å²) in [6.45, 7) is 0.497. The maximum atomic E-state index is 12.6. The van der Waals surface area contributed by atoms with Gasteiger partial charge in [-0.1, -0.05) is 0 Å². The third-order valence-corrected chi connectivity index (χ3v) is 3.93. The van der Waals surface area contributed by atoms with Gasteiger partial charge in [-0.2, -0.15) is 5.10 Å². The van der Waals surface area contributed by atoms with Crippen LogP contribution in [0.4, 0.5) is 0 Å². The fraction of sp³-hybridized carbons (Fsp3) is 0.312. The second-order valence-electron chi connectivity index (χ2n) is 5.35. The van der Waals surface area contributed by atoms with Crippen molar-refractivity contribution in [3.05, 3.63) is 48.3 Å². The average Bonchev–Trinajstić information content (AvgIpc) is 3.09. The van der Waals surface area contributed by atoms with Crippen LogP contribution in [0.1, 0.15) is 29.6 Å². The van der Waals surface area contributed by atoms with Crippen LogP contribution in [-0.2, 0) is 4.79 Å². The van der Waals surface area contributed by atoms with Crippen LogP contribution in [0.3, 0.4) is 0 Å². The minimum atomic E-state index is -0.929. The number of carbonyl (C=O) groups is 2. The van der Waals surface area contributed by atoms with E-state index in [9.17, 15) is 14.7 Å². The third kappa shape index (κ3) is 2.72. The van der Waals surface area contributed by atoms with E-state index in [1.54, 1.807) is 35.1 Å². The topological polar surface area (TPSA) is 75.4 Å². The molecule has 1 aliphatic rings. The molecule has 0 aliphatic carbocycles. The summed E-state index contributed by atoms with van der Waals surface area (Å²) in [7, 11) is 0. The van der Waals surface area contributed by atoms with Crippen LogP contribution in [0.25, 0.3) is 5.69 Å². The van der Waals surface area contributed by atoms with Gasteiger partial charge in [0.1, 0.15) is 6.04 Å².